The minimum atomic E-state index is -2.69. The van der Waals surface area contributed by atoms with E-state index >= 15 is 0 Å². The average Bonchev–Trinajstić information content (AvgIpc) is 1.35. The Hall–Kier alpha value is -0.0000000000000000555. The van der Waals surface area contributed by atoms with Gasteiger partial charge >= 0.3 is 0 Å². The van der Waals surface area contributed by atoms with Crippen LogP contribution in [0.4, 0.5) is 4.39 Å². The van der Waals surface area contributed by atoms with Gasteiger partial charge in [-0.25, -0.2) is 8.60 Å². The summed E-state index contributed by atoms with van der Waals surface area (Å²) in [6, 6.07) is 0. The van der Waals surface area contributed by atoms with Crippen molar-refractivity contribution >= 4 is 11.4 Å². The normalized spacial score (nSPS) is 14.3. The molecule has 0 spiro atoms. The lowest BCUT2D eigenvalue weighted by atomic mass is 11.6. The molecular formula is CH2FO3S-. The Morgan fingerprint density at radius 3 is 2.50 bits per heavy atom. The zero-order valence-corrected chi connectivity index (χ0v) is 3.53. The smallest absolute Gasteiger partial charge is 0.202 e. The highest BCUT2D eigenvalue weighted by Gasteiger charge is 1.73. The van der Waals surface area contributed by atoms with E-state index in [1.165, 1.54) is 0 Å². The summed E-state index contributed by atoms with van der Waals surface area (Å²) in [5.41, 5.74) is 0. The summed E-state index contributed by atoms with van der Waals surface area (Å²) in [4.78, 5) is 0. The van der Waals surface area contributed by atoms with Crippen molar-refractivity contribution in [2.45, 2.75) is 0 Å². The summed E-state index contributed by atoms with van der Waals surface area (Å²) < 4.78 is 32.2. The predicted molar refractivity (Wildman–Crippen MR) is 16.0 cm³/mol. The molecule has 0 bridgehead atoms. The lowest BCUT2D eigenvalue weighted by molar-refractivity contribution is 0.191. The second-order valence-corrected chi connectivity index (χ2v) is 1.08. The molecule has 1 atom stereocenters. The first-order valence-corrected chi connectivity index (χ1v) is 2.06. The number of hydrogen-bond donors (Lipinski definition) is 0. The Bertz CT molecular complexity index is 54.8. The van der Waals surface area contributed by atoms with E-state index in [1.807, 2.05) is 0 Å². The molecule has 0 aromatic carbocycles. The van der Waals surface area contributed by atoms with E-state index in [9.17, 15) is 4.39 Å². The van der Waals surface area contributed by atoms with Gasteiger partial charge in [0.25, 0.3) is 0 Å². The van der Waals surface area contributed by atoms with E-state index in [0.29, 0.717) is 0 Å². The first-order valence-electron chi connectivity index (χ1n) is 1.06. The Morgan fingerprint density at radius 2 is 2.50 bits per heavy atom. The molecule has 0 amide bonds. The van der Waals surface area contributed by atoms with Crippen LogP contribution in [-0.4, -0.2) is 15.6 Å². The Balaban J connectivity index is 2.83. The standard InChI is InChI=1S/CH3FO3S/c2-1-5-6(3)4/h1H2,(H,3,4)/p-1. The van der Waals surface area contributed by atoms with Crippen LogP contribution in [0.25, 0.3) is 0 Å². The lowest BCUT2D eigenvalue weighted by Crippen LogP contribution is -1.91. The van der Waals surface area contributed by atoms with Gasteiger partial charge in [-0.3, -0.25) is 4.18 Å². The Morgan fingerprint density at radius 1 is 2.00 bits per heavy atom. The second-order valence-electron chi connectivity index (χ2n) is 0.431. The van der Waals surface area contributed by atoms with Crippen molar-refractivity contribution in [3.8, 4) is 0 Å². The maximum Gasteiger partial charge on any atom is 0.202 e. The fourth-order valence-electron chi connectivity index (χ4n) is 0.0364. The van der Waals surface area contributed by atoms with Gasteiger partial charge in [0, 0.05) is 0 Å². The molecule has 0 N–H and O–H groups in total. The summed E-state index contributed by atoms with van der Waals surface area (Å²) in [6.07, 6.45) is 0. The van der Waals surface area contributed by atoms with E-state index in [-0.39, 0.29) is 0 Å². The molecule has 6 heavy (non-hydrogen) atoms. The van der Waals surface area contributed by atoms with Gasteiger partial charge in [0.1, 0.15) is 0 Å². The molecule has 0 saturated heterocycles. The molecule has 0 saturated carbocycles. The minimum absolute atomic E-state index is 1.28. The molecule has 0 rings (SSSR count). The maximum atomic E-state index is 10.6. The molecule has 0 aliphatic heterocycles. The highest BCUT2D eigenvalue weighted by atomic mass is 32.2. The van der Waals surface area contributed by atoms with Gasteiger partial charge in [-0.1, -0.05) is 0 Å². The highest BCUT2D eigenvalue weighted by Crippen LogP contribution is 1.75. The van der Waals surface area contributed by atoms with E-state index < -0.39 is 18.2 Å². The van der Waals surface area contributed by atoms with Crippen molar-refractivity contribution in [1.82, 2.24) is 0 Å². The summed E-state index contributed by atoms with van der Waals surface area (Å²) in [5.74, 6) is 0. The monoisotopic (exact) mass is 113 g/mol. The SMILES string of the molecule is O=S([O-])OCF. The fraction of sp³-hybridized carbons (Fsp3) is 1.00. The van der Waals surface area contributed by atoms with Crippen LogP contribution in [0.3, 0.4) is 0 Å². The first kappa shape index (κ1) is 6.00. The highest BCUT2D eigenvalue weighted by molar-refractivity contribution is 7.74. The molecule has 5 heteroatoms. The van der Waals surface area contributed by atoms with Crippen LogP contribution >= 0.6 is 0 Å². The van der Waals surface area contributed by atoms with Crippen LogP contribution < -0.4 is 0 Å². The van der Waals surface area contributed by atoms with Crippen molar-refractivity contribution in [1.29, 1.82) is 0 Å². The van der Waals surface area contributed by atoms with Gasteiger partial charge in [-0.05, 0) is 0 Å². The molecule has 0 heterocycles. The summed E-state index contributed by atoms with van der Waals surface area (Å²) in [5, 5.41) is 0. The van der Waals surface area contributed by atoms with Crippen LogP contribution in [0.5, 0.6) is 0 Å². The van der Waals surface area contributed by atoms with E-state index in [0.717, 1.165) is 0 Å². The van der Waals surface area contributed by atoms with Crippen LogP contribution in [-0.2, 0) is 15.5 Å². The second kappa shape index (κ2) is 3.20. The third-order valence-electron chi connectivity index (χ3n) is 0.141. The third-order valence-corrected chi connectivity index (χ3v) is 0.422. The number of hydrogen-bond acceptors (Lipinski definition) is 3. The van der Waals surface area contributed by atoms with E-state index in [2.05, 4.69) is 4.18 Å². The summed E-state index contributed by atoms with van der Waals surface area (Å²) >= 11 is -2.69. The van der Waals surface area contributed by atoms with Gasteiger partial charge in [0.15, 0.2) is 0 Å². The van der Waals surface area contributed by atoms with Crippen molar-refractivity contribution in [2.75, 3.05) is 6.86 Å². The molecule has 0 aromatic heterocycles. The zero-order valence-electron chi connectivity index (χ0n) is 2.72. The molecule has 0 aliphatic carbocycles. The van der Waals surface area contributed by atoms with Crippen molar-refractivity contribution in [3.05, 3.63) is 0 Å². The zero-order chi connectivity index (χ0) is 4.99. The van der Waals surface area contributed by atoms with Crippen LogP contribution in [0.1, 0.15) is 0 Å². The van der Waals surface area contributed by atoms with Gasteiger partial charge in [-0.15, -0.1) is 0 Å². The van der Waals surface area contributed by atoms with E-state index in [4.69, 9.17) is 8.76 Å². The average molecular weight is 113 g/mol. The summed E-state index contributed by atoms with van der Waals surface area (Å²) in [6.45, 7) is -1.28. The molecule has 0 aliphatic rings. The largest absolute Gasteiger partial charge is 0.750 e. The molecule has 1 unspecified atom stereocenters. The molecule has 0 radical (unpaired) electrons. The van der Waals surface area contributed by atoms with Crippen LogP contribution in [0, 0.1) is 0 Å². The fourth-order valence-corrected chi connectivity index (χ4v) is 0.109. The first-order chi connectivity index (χ1) is 2.77. The lowest BCUT2D eigenvalue weighted by Gasteiger charge is -1.96. The number of halogens is 1. The van der Waals surface area contributed by atoms with Crippen molar-refractivity contribution in [2.24, 2.45) is 0 Å². The summed E-state index contributed by atoms with van der Waals surface area (Å²) in [7, 11) is 0. The maximum absolute atomic E-state index is 10.6. The molecule has 38 valence electrons. The van der Waals surface area contributed by atoms with Gasteiger partial charge in [0.05, 0.1) is 11.4 Å². The topological polar surface area (TPSA) is 49.4 Å². The van der Waals surface area contributed by atoms with Crippen molar-refractivity contribution in [3.63, 3.8) is 0 Å². The van der Waals surface area contributed by atoms with Crippen LogP contribution in [0.15, 0.2) is 0 Å². The molecule has 0 fully saturated rings. The van der Waals surface area contributed by atoms with Gasteiger partial charge in [-0.2, -0.15) is 0 Å². The number of rotatable bonds is 2. The Kier molecular flexibility index (Phi) is 3.20. The predicted octanol–water partition coefficient (Wildman–Crippen LogP) is -0.276. The van der Waals surface area contributed by atoms with Crippen molar-refractivity contribution < 1.29 is 17.3 Å². The van der Waals surface area contributed by atoms with E-state index in [1.54, 1.807) is 0 Å². The van der Waals surface area contributed by atoms with Gasteiger partial charge in [0.2, 0.25) is 6.86 Å². The van der Waals surface area contributed by atoms with Crippen LogP contribution in [0.2, 0.25) is 0 Å². The Labute approximate surface area is 36.6 Å². The van der Waals surface area contributed by atoms with Gasteiger partial charge < -0.3 is 4.55 Å². The number of alkyl halides is 1. The molecule has 3 nitrogen and oxygen atoms in total. The molecule has 0 aromatic rings. The minimum Gasteiger partial charge on any atom is -0.750 e. The molecular weight excluding hydrogens is 111 g/mol. The third kappa shape index (κ3) is 4.00. The quantitative estimate of drug-likeness (QED) is 0.463.